The van der Waals surface area contributed by atoms with E-state index in [9.17, 15) is 10.2 Å². The van der Waals surface area contributed by atoms with Crippen LogP contribution in [0.1, 0.15) is 0 Å². The normalized spacial score (nSPS) is 11.2. The summed E-state index contributed by atoms with van der Waals surface area (Å²) in [5.74, 6) is 0.295. The van der Waals surface area contributed by atoms with Crippen LogP contribution in [-0.4, -0.2) is 25.2 Å². The van der Waals surface area contributed by atoms with Gasteiger partial charge < -0.3 is 10.2 Å². The Balaban J connectivity index is 0.000000145. The Morgan fingerprint density at radius 2 is 1.10 bits per heavy atom. The molecule has 7 aromatic rings. The van der Waals surface area contributed by atoms with Crippen molar-refractivity contribution >= 4 is 59.9 Å². The zero-order chi connectivity index (χ0) is 27.5. The molecule has 194 valence electrons. The van der Waals surface area contributed by atoms with Crippen molar-refractivity contribution in [2.24, 2.45) is 10.2 Å². The zero-order valence-electron chi connectivity index (χ0n) is 21.1. The van der Waals surface area contributed by atoms with E-state index in [-0.39, 0.29) is 11.5 Å². The zero-order valence-corrected chi connectivity index (χ0v) is 22.6. The van der Waals surface area contributed by atoms with E-state index < -0.39 is 0 Å². The van der Waals surface area contributed by atoms with Gasteiger partial charge in [-0.3, -0.25) is 0 Å². The second-order valence-corrected chi connectivity index (χ2v) is 9.79. The van der Waals surface area contributed by atoms with Crippen molar-refractivity contribution in [3.05, 3.63) is 126 Å². The summed E-state index contributed by atoms with van der Waals surface area (Å²) in [4.78, 5) is 1.50. The average molecular weight is 588 g/mol. The number of hydrogen-bond donors (Lipinski definition) is 2. The average Bonchev–Trinajstić information content (AvgIpc) is 3.41. The monoisotopic (exact) mass is 587 g/mol. The third kappa shape index (κ3) is 5.00. The molecule has 8 heteroatoms. The van der Waals surface area contributed by atoms with Crippen LogP contribution in [0.2, 0.25) is 0 Å². The summed E-state index contributed by atoms with van der Waals surface area (Å²) in [5, 5.41) is 41.3. The third-order valence-electron chi connectivity index (χ3n) is 6.36. The van der Waals surface area contributed by atoms with Crippen LogP contribution in [-0.2, 0) is 0 Å². The number of aromatic hydroxyl groups is 2. The van der Waals surface area contributed by atoms with Crippen molar-refractivity contribution in [2.45, 2.75) is 0 Å². The second-order valence-electron chi connectivity index (χ2n) is 8.94. The molecule has 0 spiro atoms. The molecule has 1 heterocycles. The van der Waals surface area contributed by atoms with E-state index in [4.69, 9.17) is 0 Å². The quantitative estimate of drug-likeness (QED) is 0.201. The van der Waals surface area contributed by atoms with Gasteiger partial charge in [-0.2, -0.15) is 0 Å². The van der Waals surface area contributed by atoms with Crippen LogP contribution in [0.15, 0.2) is 136 Å². The lowest BCUT2D eigenvalue weighted by atomic mass is 10.1. The van der Waals surface area contributed by atoms with Crippen molar-refractivity contribution < 1.29 is 10.2 Å². The summed E-state index contributed by atoms with van der Waals surface area (Å²) >= 11 is 3.42. The van der Waals surface area contributed by atoms with Gasteiger partial charge in [-0.05, 0) is 63.1 Å². The topological polar surface area (TPSA) is 95.9 Å². The molecule has 0 fully saturated rings. The van der Waals surface area contributed by atoms with Gasteiger partial charge in [-0.1, -0.05) is 84.9 Å². The van der Waals surface area contributed by atoms with E-state index >= 15 is 0 Å². The highest BCUT2D eigenvalue weighted by molar-refractivity contribution is 9.10. The molecule has 0 unspecified atom stereocenters. The maximum Gasteiger partial charge on any atom is 0.143 e. The Kier molecular flexibility index (Phi) is 6.91. The van der Waals surface area contributed by atoms with Crippen LogP contribution in [0, 0.1) is 0 Å². The van der Waals surface area contributed by atoms with Crippen molar-refractivity contribution in [1.82, 2.24) is 15.0 Å². The predicted molar refractivity (Wildman–Crippen MR) is 162 cm³/mol. The fourth-order valence-electron chi connectivity index (χ4n) is 4.40. The number of phenols is 2. The number of aromatic nitrogens is 3. The van der Waals surface area contributed by atoms with E-state index in [1.54, 1.807) is 12.1 Å². The summed E-state index contributed by atoms with van der Waals surface area (Å²) in [5.41, 5.74) is 3.43. The first kappa shape index (κ1) is 25.2. The Labute approximate surface area is 237 Å². The lowest BCUT2D eigenvalue weighted by Crippen LogP contribution is -2.00. The highest BCUT2D eigenvalue weighted by atomic mass is 79.9. The number of hydrogen-bond acceptors (Lipinski definition) is 6. The lowest BCUT2D eigenvalue weighted by molar-refractivity contribution is 0.469. The Hall–Kier alpha value is -5.08. The van der Waals surface area contributed by atoms with Gasteiger partial charge in [-0.15, -0.1) is 25.2 Å². The highest BCUT2D eigenvalue weighted by Crippen LogP contribution is 2.37. The van der Waals surface area contributed by atoms with Gasteiger partial charge in [0, 0.05) is 15.2 Å². The van der Waals surface area contributed by atoms with Crippen LogP contribution in [0.5, 0.6) is 11.5 Å². The molecule has 7 nitrogen and oxygen atoms in total. The molecular formula is C32H22BrN5O2. The fraction of sp³-hybridized carbons (Fsp3) is 0. The fourth-order valence-corrected chi connectivity index (χ4v) is 4.76. The molecule has 0 aliphatic carbocycles. The van der Waals surface area contributed by atoms with Gasteiger partial charge in [0.15, 0.2) is 0 Å². The minimum Gasteiger partial charge on any atom is -0.506 e. The predicted octanol–water partition coefficient (Wildman–Crippen LogP) is 9.00. The molecule has 0 saturated heterocycles. The molecule has 6 aromatic carbocycles. The van der Waals surface area contributed by atoms with E-state index in [1.807, 2.05) is 109 Å². The summed E-state index contributed by atoms with van der Waals surface area (Å²) in [6.07, 6.45) is 0. The van der Waals surface area contributed by atoms with Gasteiger partial charge in [-0.25, -0.2) is 0 Å². The first-order valence-corrected chi connectivity index (χ1v) is 13.3. The van der Waals surface area contributed by atoms with Crippen LogP contribution in [0.3, 0.4) is 0 Å². The van der Waals surface area contributed by atoms with Gasteiger partial charge >= 0.3 is 0 Å². The first-order valence-electron chi connectivity index (χ1n) is 12.5. The third-order valence-corrected chi connectivity index (χ3v) is 7.03. The number of phenolic OH excluding ortho intramolecular Hbond substituents is 2. The molecule has 0 atom stereocenters. The van der Waals surface area contributed by atoms with Gasteiger partial charge in [0.25, 0.3) is 0 Å². The number of rotatable bonds is 3. The molecule has 0 bridgehead atoms. The molecule has 0 aliphatic heterocycles. The summed E-state index contributed by atoms with van der Waals surface area (Å²) < 4.78 is 0.864. The molecule has 0 saturated carbocycles. The van der Waals surface area contributed by atoms with E-state index in [0.717, 1.165) is 42.7 Å². The van der Waals surface area contributed by atoms with Crippen LogP contribution < -0.4 is 0 Å². The summed E-state index contributed by atoms with van der Waals surface area (Å²) in [7, 11) is 0. The number of azo groups is 1. The summed E-state index contributed by atoms with van der Waals surface area (Å²) in [6, 6.07) is 37.9. The highest BCUT2D eigenvalue weighted by Gasteiger charge is 2.12. The minimum atomic E-state index is 0.125. The smallest absolute Gasteiger partial charge is 0.143 e. The van der Waals surface area contributed by atoms with E-state index in [1.165, 1.54) is 4.80 Å². The Morgan fingerprint density at radius 3 is 1.80 bits per heavy atom. The molecular weight excluding hydrogens is 566 g/mol. The number of fused-ring (bicyclic) bond motifs is 3. The van der Waals surface area contributed by atoms with Crippen LogP contribution >= 0.6 is 15.9 Å². The van der Waals surface area contributed by atoms with Gasteiger partial charge in [0.2, 0.25) is 0 Å². The number of nitrogens with zero attached hydrogens (tertiary/aromatic N) is 5. The van der Waals surface area contributed by atoms with Gasteiger partial charge in [0.05, 0.1) is 5.69 Å². The van der Waals surface area contributed by atoms with E-state index in [0.29, 0.717) is 11.4 Å². The van der Waals surface area contributed by atoms with Crippen molar-refractivity contribution in [1.29, 1.82) is 0 Å². The van der Waals surface area contributed by atoms with Crippen LogP contribution in [0.25, 0.3) is 38.3 Å². The second kappa shape index (κ2) is 11.0. The molecule has 1 aromatic heterocycles. The Morgan fingerprint density at radius 1 is 0.550 bits per heavy atom. The number of benzene rings is 6. The largest absolute Gasteiger partial charge is 0.506 e. The van der Waals surface area contributed by atoms with Crippen molar-refractivity contribution in [2.75, 3.05) is 0 Å². The number of halogens is 1. The molecule has 2 N–H and O–H groups in total. The molecule has 0 amide bonds. The van der Waals surface area contributed by atoms with Crippen molar-refractivity contribution in [3.63, 3.8) is 0 Å². The minimum absolute atomic E-state index is 0.125. The maximum atomic E-state index is 10.2. The maximum absolute atomic E-state index is 10.2. The molecule has 0 radical (unpaired) electrons. The molecule has 40 heavy (non-hydrogen) atoms. The standard InChI is InChI=1S/C16H11BrN2O.C16H11N3O/c17-13-7-3-4-8-14(13)18-19-16-12-6-2-1-5-11(12)9-10-15(16)20;20-15-10-9-11-5-1-2-6-12(11)16(15)19-17-13-7-3-4-8-14(13)18-19/h2*1-10,20H. The van der Waals surface area contributed by atoms with Gasteiger partial charge in [0.1, 0.15) is 33.9 Å². The van der Waals surface area contributed by atoms with E-state index in [2.05, 4.69) is 36.4 Å². The Bertz CT molecular complexity index is 1990. The molecule has 7 rings (SSSR count). The van der Waals surface area contributed by atoms with Crippen LogP contribution in [0.4, 0.5) is 11.4 Å². The molecule has 0 aliphatic rings. The van der Waals surface area contributed by atoms with Crippen molar-refractivity contribution in [3.8, 4) is 17.2 Å². The first-order chi connectivity index (χ1) is 19.6. The lowest BCUT2D eigenvalue weighted by Gasteiger charge is -2.07. The summed E-state index contributed by atoms with van der Waals surface area (Å²) in [6.45, 7) is 0. The SMILES string of the molecule is Oc1ccc2ccccc2c1-n1nc2ccccc2n1.Oc1ccc2ccccc2c1N=Nc1ccccc1Br.